The molecule has 6 nitrogen and oxygen atoms in total. The van der Waals surface area contributed by atoms with Crippen LogP contribution in [0.1, 0.15) is 24.2 Å². The highest BCUT2D eigenvalue weighted by molar-refractivity contribution is 5.87. The summed E-state index contributed by atoms with van der Waals surface area (Å²) in [5.74, 6) is -1.25. The maximum absolute atomic E-state index is 11.9. The number of pyridine rings is 1. The first-order chi connectivity index (χ1) is 11.1. The van der Waals surface area contributed by atoms with E-state index in [-0.39, 0.29) is 6.61 Å². The lowest BCUT2D eigenvalue weighted by Crippen LogP contribution is -2.41. The molecule has 0 radical (unpaired) electrons. The van der Waals surface area contributed by atoms with Gasteiger partial charge in [-0.05, 0) is 18.6 Å². The van der Waals surface area contributed by atoms with Crippen LogP contribution < -0.4 is 5.32 Å². The molecule has 1 aromatic heterocycles. The molecule has 0 bridgehead atoms. The van der Waals surface area contributed by atoms with E-state index in [9.17, 15) is 14.7 Å². The van der Waals surface area contributed by atoms with Crippen LogP contribution in [-0.2, 0) is 20.9 Å². The van der Waals surface area contributed by atoms with Crippen molar-refractivity contribution in [3.05, 3.63) is 66.0 Å². The van der Waals surface area contributed by atoms with Gasteiger partial charge in [-0.25, -0.2) is 4.79 Å². The Bertz CT molecular complexity index is 646. The number of aromatic nitrogens is 1. The Kier molecular flexibility index (Phi) is 5.82. The summed E-state index contributed by atoms with van der Waals surface area (Å²) in [5.41, 5.74) is 1.21. The van der Waals surface area contributed by atoms with Crippen LogP contribution in [0.15, 0.2) is 54.9 Å². The van der Waals surface area contributed by atoms with Gasteiger partial charge in [0.25, 0.3) is 5.91 Å². The number of hydrogen-bond acceptors (Lipinski definition) is 5. The molecule has 2 N–H and O–H groups in total. The number of nitrogens with one attached hydrogen (secondary N) is 1. The molecular weight excluding hydrogens is 296 g/mol. The first-order valence-corrected chi connectivity index (χ1v) is 7.17. The molecule has 23 heavy (non-hydrogen) atoms. The van der Waals surface area contributed by atoms with Gasteiger partial charge in [0.1, 0.15) is 12.6 Å². The molecule has 0 saturated carbocycles. The molecule has 0 fully saturated rings. The Morgan fingerprint density at radius 2 is 1.96 bits per heavy atom. The number of rotatable bonds is 6. The molecule has 2 rings (SSSR count). The van der Waals surface area contributed by atoms with E-state index < -0.39 is 24.0 Å². The number of nitrogens with zero attached hydrogens (tertiary/aromatic N) is 1. The predicted molar refractivity (Wildman–Crippen MR) is 83.0 cm³/mol. The Hall–Kier alpha value is -2.73. The normalized spacial score (nSPS) is 13.0. The Labute approximate surface area is 134 Å². The monoisotopic (exact) mass is 314 g/mol. The summed E-state index contributed by atoms with van der Waals surface area (Å²) in [5, 5.41) is 12.3. The summed E-state index contributed by atoms with van der Waals surface area (Å²) in [6.45, 7) is 1.63. The van der Waals surface area contributed by atoms with Crippen molar-refractivity contribution in [2.75, 3.05) is 0 Å². The third-order valence-corrected chi connectivity index (χ3v) is 3.18. The van der Waals surface area contributed by atoms with Gasteiger partial charge in [-0.3, -0.25) is 9.78 Å². The van der Waals surface area contributed by atoms with E-state index in [1.165, 1.54) is 19.3 Å². The highest BCUT2D eigenvalue weighted by Crippen LogP contribution is 2.11. The summed E-state index contributed by atoms with van der Waals surface area (Å²) in [7, 11) is 0. The lowest BCUT2D eigenvalue weighted by molar-refractivity contribution is -0.149. The minimum atomic E-state index is -1.38. The van der Waals surface area contributed by atoms with Crippen molar-refractivity contribution in [1.29, 1.82) is 0 Å². The van der Waals surface area contributed by atoms with Crippen molar-refractivity contribution >= 4 is 11.9 Å². The molecule has 0 aliphatic carbocycles. The first-order valence-electron chi connectivity index (χ1n) is 7.17. The third-order valence-electron chi connectivity index (χ3n) is 3.18. The van der Waals surface area contributed by atoms with Crippen LogP contribution >= 0.6 is 0 Å². The summed E-state index contributed by atoms with van der Waals surface area (Å²) in [6, 6.07) is 11.6. The second-order valence-electron chi connectivity index (χ2n) is 5.01. The smallest absolute Gasteiger partial charge is 0.328 e. The molecule has 6 heteroatoms. The van der Waals surface area contributed by atoms with Gasteiger partial charge in [-0.2, -0.15) is 0 Å². The Balaban J connectivity index is 1.84. The number of aliphatic hydroxyl groups is 1. The fourth-order valence-corrected chi connectivity index (χ4v) is 1.89. The SMILES string of the molecule is C[C@@H](NC(=O)C(O)c1cccnc1)C(=O)OCc1ccccc1. The van der Waals surface area contributed by atoms with Crippen molar-refractivity contribution in [3.8, 4) is 0 Å². The predicted octanol–water partition coefficient (Wildman–Crippen LogP) is 1.36. The highest BCUT2D eigenvalue weighted by Gasteiger charge is 2.23. The highest BCUT2D eigenvalue weighted by atomic mass is 16.5. The van der Waals surface area contributed by atoms with E-state index in [0.29, 0.717) is 5.56 Å². The molecule has 0 aliphatic heterocycles. The quantitative estimate of drug-likeness (QED) is 0.786. The van der Waals surface area contributed by atoms with E-state index in [1.807, 2.05) is 30.3 Å². The van der Waals surface area contributed by atoms with Gasteiger partial charge in [-0.1, -0.05) is 36.4 Å². The van der Waals surface area contributed by atoms with Gasteiger partial charge in [0.15, 0.2) is 6.10 Å². The average Bonchev–Trinajstić information content (AvgIpc) is 2.60. The van der Waals surface area contributed by atoms with Gasteiger partial charge in [0, 0.05) is 18.0 Å². The number of benzene rings is 1. The topological polar surface area (TPSA) is 88.5 Å². The summed E-state index contributed by atoms with van der Waals surface area (Å²) in [6.07, 6.45) is 1.55. The third kappa shape index (κ3) is 4.89. The van der Waals surface area contributed by atoms with Crippen molar-refractivity contribution in [2.24, 2.45) is 0 Å². The number of amides is 1. The zero-order chi connectivity index (χ0) is 16.7. The number of aliphatic hydroxyl groups excluding tert-OH is 1. The number of carbonyl (C=O) groups is 2. The lowest BCUT2D eigenvalue weighted by atomic mass is 10.1. The van der Waals surface area contributed by atoms with Gasteiger partial charge < -0.3 is 15.2 Å². The molecule has 1 aromatic carbocycles. The zero-order valence-electron chi connectivity index (χ0n) is 12.7. The average molecular weight is 314 g/mol. The van der Waals surface area contributed by atoms with Crippen LogP contribution in [0.4, 0.5) is 0 Å². The fraction of sp³-hybridized carbons (Fsp3) is 0.235. The number of esters is 1. The first kappa shape index (κ1) is 16.6. The molecule has 0 spiro atoms. The second-order valence-corrected chi connectivity index (χ2v) is 5.01. The molecule has 1 amide bonds. The van der Waals surface area contributed by atoms with Crippen LogP contribution in [0, 0.1) is 0 Å². The molecular formula is C17H18N2O4. The van der Waals surface area contributed by atoms with Gasteiger partial charge in [0.2, 0.25) is 0 Å². The van der Waals surface area contributed by atoms with Crippen LogP contribution in [0.2, 0.25) is 0 Å². The lowest BCUT2D eigenvalue weighted by Gasteiger charge is -2.16. The van der Waals surface area contributed by atoms with E-state index >= 15 is 0 Å². The van der Waals surface area contributed by atoms with Crippen molar-refractivity contribution in [1.82, 2.24) is 10.3 Å². The molecule has 2 atom stereocenters. The van der Waals surface area contributed by atoms with Gasteiger partial charge in [-0.15, -0.1) is 0 Å². The number of carbonyl (C=O) groups excluding carboxylic acids is 2. The Morgan fingerprint density at radius 1 is 1.22 bits per heavy atom. The van der Waals surface area contributed by atoms with Crippen molar-refractivity contribution in [3.63, 3.8) is 0 Å². The van der Waals surface area contributed by atoms with E-state index in [4.69, 9.17) is 4.74 Å². The molecule has 0 saturated heterocycles. The van der Waals surface area contributed by atoms with Gasteiger partial charge >= 0.3 is 5.97 Å². The molecule has 2 aromatic rings. The molecule has 1 heterocycles. The van der Waals surface area contributed by atoms with Crippen LogP contribution in [0.3, 0.4) is 0 Å². The van der Waals surface area contributed by atoms with Crippen LogP contribution in [0.25, 0.3) is 0 Å². The summed E-state index contributed by atoms with van der Waals surface area (Å²) in [4.78, 5) is 27.6. The van der Waals surface area contributed by atoms with E-state index in [1.54, 1.807) is 12.1 Å². The van der Waals surface area contributed by atoms with Gasteiger partial charge in [0.05, 0.1) is 0 Å². The zero-order valence-corrected chi connectivity index (χ0v) is 12.7. The maximum atomic E-state index is 11.9. The minimum absolute atomic E-state index is 0.130. The molecule has 1 unspecified atom stereocenters. The van der Waals surface area contributed by atoms with Crippen molar-refractivity contribution < 1.29 is 19.4 Å². The minimum Gasteiger partial charge on any atom is -0.459 e. The summed E-state index contributed by atoms with van der Waals surface area (Å²) >= 11 is 0. The van der Waals surface area contributed by atoms with Crippen LogP contribution in [0.5, 0.6) is 0 Å². The number of hydrogen-bond donors (Lipinski definition) is 2. The maximum Gasteiger partial charge on any atom is 0.328 e. The molecule has 0 aliphatic rings. The van der Waals surface area contributed by atoms with E-state index in [2.05, 4.69) is 10.3 Å². The van der Waals surface area contributed by atoms with Crippen molar-refractivity contribution in [2.45, 2.75) is 25.7 Å². The standard InChI is InChI=1S/C17H18N2O4/c1-12(17(22)23-11-13-6-3-2-4-7-13)19-16(21)15(20)14-8-5-9-18-10-14/h2-10,12,15,20H,11H2,1H3,(H,19,21)/t12-,15?/m1/s1. The van der Waals surface area contributed by atoms with E-state index in [0.717, 1.165) is 5.56 Å². The van der Waals surface area contributed by atoms with Crippen LogP contribution in [-0.4, -0.2) is 28.0 Å². The number of ether oxygens (including phenoxy) is 1. The summed E-state index contributed by atoms with van der Waals surface area (Å²) < 4.78 is 5.13. The fourth-order valence-electron chi connectivity index (χ4n) is 1.89. The largest absolute Gasteiger partial charge is 0.459 e. The molecule has 120 valence electrons. The second kappa shape index (κ2) is 8.05. The Morgan fingerprint density at radius 3 is 2.61 bits per heavy atom.